The summed E-state index contributed by atoms with van der Waals surface area (Å²) in [7, 11) is 1.48. The van der Waals surface area contributed by atoms with Crippen molar-refractivity contribution in [2.45, 2.75) is 38.1 Å². The van der Waals surface area contributed by atoms with Crippen molar-refractivity contribution >= 4 is 0 Å². The second-order valence-corrected chi connectivity index (χ2v) is 5.15. The Balaban J connectivity index is 2.34. The summed E-state index contributed by atoms with van der Waals surface area (Å²) in [6.45, 7) is 0. The smallest absolute Gasteiger partial charge is 0.162 e. The van der Waals surface area contributed by atoms with Crippen molar-refractivity contribution in [3.05, 3.63) is 23.3 Å². The summed E-state index contributed by atoms with van der Waals surface area (Å²) in [5.41, 5.74) is 7.39. The van der Waals surface area contributed by atoms with Crippen molar-refractivity contribution < 1.29 is 9.84 Å². The number of methoxy groups -OCH3 is 1. The Kier molecular flexibility index (Phi) is 4.28. The number of phenolic OH excluding ortho intramolecular Hbond substituents is 1. The van der Waals surface area contributed by atoms with Gasteiger partial charge in [-0.1, -0.05) is 19.3 Å². The third kappa shape index (κ3) is 2.82. The van der Waals surface area contributed by atoms with Gasteiger partial charge in [0.15, 0.2) is 11.5 Å². The normalized spacial score (nSPS) is 17.7. The van der Waals surface area contributed by atoms with E-state index < -0.39 is 0 Å². The van der Waals surface area contributed by atoms with Gasteiger partial charge in [-0.2, -0.15) is 5.26 Å². The van der Waals surface area contributed by atoms with Crippen LogP contribution in [0.15, 0.2) is 12.1 Å². The number of benzene rings is 1. The van der Waals surface area contributed by atoms with Crippen LogP contribution in [0.2, 0.25) is 0 Å². The SMILES string of the molecule is COc1cc(C#N)cc([C@H](N)C2CCCCC2)c1O. The Morgan fingerprint density at radius 2 is 2.05 bits per heavy atom. The fourth-order valence-electron chi connectivity index (χ4n) is 2.85. The van der Waals surface area contributed by atoms with Crippen LogP contribution in [-0.2, 0) is 0 Å². The second-order valence-electron chi connectivity index (χ2n) is 5.15. The van der Waals surface area contributed by atoms with Crippen molar-refractivity contribution in [3.8, 4) is 17.6 Å². The van der Waals surface area contributed by atoms with Crippen LogP contribution in [0, 0.1) is 17.2 Å². The highest BCUT2D eigenvalue weighted by Gasteiger charge is 2.25. The molecule has 0 saturated heterocycles. The van der Waals surface area contributed by atoms with Crippen molar-refractivity contribution in [3.63, 3.8) is 0 Å². The van der Waals surface area contributed by atoms with Crippen LogP contribution in [0.3, 0.4) is 0 Å². The monoisotopic (exact) mass is 260 g/mol. The van der Waals surface area contributed by atoms with Gasteiger partial charge in [0, 0.05) is 17.7 Å². The van der Waals surface area contributed by atoms with Crippen LogP contribution >= 0.6 is 0 Å². The van der Waals surface area contributed by atoms with Crippen molar-refractivity contribution in [2.24, 2.45) is 11.7 Å². The van der Waals surface area contributed by atoms with E-state index in [-0.39, 0.29) is 11.8 Å². The molecule has 1 fully saturated rings. The van der Waals surface area contributed by atoms with Crippen molar-refractivity contribution in [1.82, 2.24) is 0 Å². The summed E-state index contributed by atoms with van der Waals surface area (Å²) in [5, 5.41) is 19.2. The summed E-state index contributed by atoms with van der Waals surface area (Å²) in [6, 6.07) is 5.06. The van der Waals surface area contributed by atoms with E-state index in [1.54, 1.807) is 6.07 Å². The standard InChI is InChI=1S/C15H20N2O2/c1-19-13-8-10(9-16)7-12(15(13)18)14(17)11-5-3-2-4-6-11/h7-8,11,14,18H,2-6,17H2,1H3/t14-/m1/s1. The molecule has 0 spiro atoms. The molecular weight excluding hydrogens is 240 g/mol. The van der Waals surface area contributed by atoms with Crippen LogP contribution in [0.25, 0.3) is 0 Å². The first-order chi connectivity index (χ1) is 9.17. The molecule has 4 heteroatoms. The van der Waals surface area contributed by atoms with Crippen molar-refractivity contribution in [1.29, 1.82) is 5.26 Å². The van der Waals surface area contributed by atoms with E-state index in [1.165, 1.54) is 32.4 Å². The summed E-state index contributed by atoms with van der Waals surface area (Å²) in [5.74, 6) is 0.762. The minimum Gasteiger partial charge on any atom is -0.504 e. The highest BCUT2D eigenvalue weighted by atomic mass is 16.5. The molecule has 102 valence electrons. The van der Waals surface area contributed by atoms with E-state index in [0.717, 1.165) is 12.8 Å². The fraction of sp³-hybridized carbons (Fsp3) is 0.533. The number of hydrogen-bond donors (Lipinski definition) is 2. The predicted molar refractivity (Wildman–Crippen MR) is 72.9 cm³/mol. The van der Waals surface area contributed by atoms with Crippen LogP contribution in [-0.4, -0.2) is 12.2 Å². The second kappa shape index (κ2) is 5.94. The van der Waals surface area contributed by atoms with Crippen molar-refractivity contribution in [2.75, 3.05) is 7.11 Å². The zero-order valence-electron chi connectivity index (χ0n) is 11.2. The van der Waals surface area contributed by atoms with Gasteiger partial charge in [-0.05, 0) is 24.8 Å². The number of aromatic hydroxyl groups is 1. The maximum atomic E-state index is 10.2. The topological polar surface area (TPSA) is 79.3 Å². The van der Waals surface area contributed by atoms with Gasteiger partial charge in [0.2, 0.25) is 0 Å². The largest absolute Gasteiger partial charge is 0.504 e. The van der Waals surface area contributed by atoms with E-state index in [0.29, 0.717) is 22.8 Å². The molecule has 1 atom stereocenters. The minimum absolute atomic E-state index is 0.0690. The quantitative estimate of drug-likeness (QED) is 0.875. The highest BCUT2D eigenvalue weighted by Crippen LogP contribution is 2.40. The van der Waals surface area contributed by atoms with E-state index in [4.69, 9.17) is 15.7 Å². The van der Waals surface area contributed by atoms with Gasteiger partial charge < -0.3 is 15.6 Å². The summed E-state index contributed by atoms with van der Waals surface area (Å²) in [4.78, 5) is 0. The first kappa shape index (κ1) is 13.7. The van der Waals surface area contributed by atoms with Gasteiger partial charge >= 0.3 is 0 Å². The Hall–Kier alpha value is -1.73. The third-order valence-electron chi connectivity index (χ3n) is 3.97. The first-order valence-electron chi connectivity index (χ1n) is 6.74. The predicted octanol–water partition coefficient (Wildman–Crippen LogP) is 2.85. The maximum absolute atomic E-state index is 10.2. The van der Waals surface area contributed by atoms with Gasteiger partial charge in [0.25, 0.3) is 0 Å². The molecule has 1 aromatic rings. The number of ether oxygens (including phenoxy) is 1. The van der Waals surface area contributed by atoms with E-state index in [2.05, 4.69) is 6.07 Å². The first-order valence-corrected chi connectivity index (χ1v) is 6.74. The molecule has 3 N–H and O–H groups in total. The molecule has 0 aromatic heterocycles. The molecule has 0 heterocycles. The Morgan fingerprint density at radius 1 is 1.37 bits per heavy atom. The number of rotatable bonds is 3. The average Bonchev–Trinajstić information content (AvgIpc) is 2.47. The highest BCUT2D eigenvalue weighted by molar-refractivity contribution is 5.52. The molecule has 1 saturated carbocycles. The Morgan fingerprint density at radius 3 is 2.63 bits per heavy atom. The molecule has 0 amide bonds. The number of nitriles is 1. The molecule has 0 bridgehead atoms. The van der Waals surface area contributed by atoms with Crippen LogP contribution in [0.5, 0.6) is 11.5 Å². The van der Waals surface area contributed by atoms with Crippen LogP contribution in [0.1, 0.15) is 49.3 Å². The molecule has 1 aliphatic carbocycles. The third-order valence-corrected chi connectivity index (χ3v) is 3.97. The number of phenols is 1. The van der Waals surface area contributed by atoms with E-state index >= 15 is 0 Å². The zero-order chi connectivity index (χ0) is 13.8. The Labute approximate surface area is 113 Å². The summed E-state index contributed by atoms with van der Waals surface area (Å²) in [6.07, 6.45) is 5.80. The maximum Gasteiger partial charge on any atom is 0.162 e. The van der Waals surface area contributed by atoms with Gasteiger partial charge in [-0.15, -0.1) is 0 Å². The molecule has 1 aromatic carbocycles. The van der Waals surface area contributed by atoms with Crippen LogP contribution < -0.4 is 10.5 Å². The van der Waals surface area contributed by atoms with Gasteiger partial charge in [-0.25, -0.2) is 0 Å². The number of nitrogens with two attached hydrogens (primary N) is 1. The zero-order valence-corrected chi connectivity index (χ0v) is 11.2. The van der Waals surface area contributed by atoms with E-state index in [1.807, 2.05) is 0 Å². The molecule has 2 rings (SSSR count). The molecule has 19 heavy (non-hydrogen) atoms. The lowest BCUT2D eigenvalue weighted by atomic mass is 9.81. The van der Waals surface area contributed by atoms with Gasteiger partial charge in [0.05, 0.1) is 18.7 Å². The fourth-order valence-corrected chi connectivity index (χ4v) is 2.85. The molecular formula is C15H20N2O2. The lowest BCUT2D eigenvalue weighted by Gasteiger charge is -2.28. The molecule has 0 radical (unpaired) electrons. The van der Waals surface area contributed by atoms with E-state index in [9.17, 15) is 5.11 Å². The number of hydrogen-bond acceptors (Lipinski definition) is 4. The molecule has 4 nitrogen and oxygen atoms in total. The van der Waals surface area contributed by atoms with Crippen LogP contribution in [0.4, 0.5) is 0 Å². The molecule has 1 aliphatic rings. The Bertz CT molecular complexity index is 488. The lowest BCUT2D eigenvalue weighted by Crippen LogP contribution is -2.23. The molecule has 0 aliphatic heterocycles. The summed E-state index contributed by atoms with van der Waals surface area (Å²) < 4.78 is 5.11. The van der Waals surface area contributed by atoms with Gasteiger partial charge in [0.1, 0.15) is 0 Å². The summed E-state index contributed by atoms with van der Waals surface area (Å²) >= 11 is 0. The van der Waals surface area contributed by atoms with Gasteiger partial charge in [-0.3, -0.25) is 0 Å². The number of nitrogens with zero attached hydrogens (tertiary/aromatic N) is 1. The molecule has 0 unspecified atom stereocenters. The minimum atomic E-state index is -0.234. The average molecular weight is 260 g/mol. The lowest BCUT2D eigenvalue weighted by molar-refractivity contribution is 0.299.